The first-order chi connectivity index (χ1) is 30.3. The smallest absolute Gasteiger partial charge is 0.295 e. The molecule has 0 aliphatic carbocycles. The summed E-state index contributed by atoms with van der Waals surface area (Å²) in [6.45, 7) is 0. The number of fused-ring (bicyclic) bond motifs is 8. The molecular weight excluding hydrogens is 905 g/mol. The summed E-state index contributed by atoms with van der Waals surface area (Å²) in [5.74, 6) is 0. The van der Waals surface area contributed by atoms with E-state index in [-0.39, 0.29) is 89.4 Å². The van der Waals surface area contributed by atoms with Gasteiger partial charge in [0.15, 0.2) is 0 Å². The van der Waals surface area contributed by atoms with Gasteiger partial charge >= 0.3 is 0 Å². The summed E-state index contributed by atoms with van der Waals surface area (Å²) < 4.78 is 145. The number of aromatic amines is 2. The predicted molar refractivity (Wildman–Crippen MR) is 240 cm³/mol. The van der Waals surface area contributed by atoms with Crippen LogP contribution in [0.3, 0.4) is 0 Å². The fourth-order valence-corrected chi connectivity index (χ4v) is 10.7. The van der Waals surface area contributed by atoms with Gasteiger partial charge in [0, 0.05) is 66.6 Å². The summed E-state index contributed by atoms with van der Waals surface area (Å²) in [6, 6.07) is 28.5. The van der Waals surface area contributed by atoms with E-state index in [2.05, 4.69) is 9.97 Å². The van der Waals surface area contributed by atoms with Crippen LogP contribution in [0, 0.1) is 0 Å². The minimum absolute atomic E-state index is 0.00637. The minimum Gasteiger partial charge on any atom is -0.354 e. The normalized spacial score (nSPS) is 13.1. The summed E-state index contributed by atoms with van der Waals surface area (Å²) in [4.78, 5) is 14.3. The van der Waals surface area contributed by atoms with Gasteiger partial charge in [-0.3, -0.25) is 18.2 Å². The molecule has 2 aliphatic heterocycles. The molecule has 3 aromatic heterocycles. The molecule has 0 spiro atoms. The maximum Gasteiger partial charge on any atom is 0.295 e. The Kier molecular flexibility index (Phi) is 10.2. The van der Waals surface area contributed by atoms with Crippen molar-refractivity contribution in [1.29, 1.82) is 0 Å². The average Bonchev–Trinajstić information content (AvgIpc) is 4.08. The molecule has 2 aliphatic rings. The molecule has 4 aromatic carbocycles. The van der Waals surface area contributed by atoms with Gasteiger partial charge in [-0.05, 0) is 72.8 Å². The molecule has 5 heterocycles. The van der Waals surface area contributed by atoms with Crippen LogP contribution in [-0.2, 0) is 40.5 Å². The lowest BCUT2D eigenvalue weighted by Gasteiger charge is -2.11. The third kappa shape index (κ3) is 7.67. The number of rotatable bonds is 8. The molecular formula is C44H30N4O12S4. The van der Waals surface area contributed by atoms with E-state index in [1.807, 2.05) is 0 Å². The van der Waals surface area contributed by atoms with Crippen LogP contribution >= 0.6 is 0 Å². The van der Waals surface area contributed by atoms with E-state index >= 15 is 0 Å². The Hall–Kier alpha value is -6.88. The fraction of sp³-hybridized carbons (Fsp3) is 0. The van der Waals surface area contributed by atoms with Gasteiger partial charge in [-0.25, -0.2) is 9.97 Å². The summed E-state index contributed by atoms with van der Waals surface area (Å²) in [7, 11) is -19.5. The molecule has 0 radical (unpaired) electrons. The Balaban J connectivity index is 1.56. The highest BCUT2D eigenvalue weighted by molar-refractivity contribution is 7.86. The van der Waals surface area contributed by atoms with Crippen molar-refractivity contribution in [3.8, 4) is 44.5 Å². The highest BCUT2D eigenvalue weighted by Crippen LogP contribution is 2.42. The van der Waals surface area contributed by atoms with Crippen molar-refractivity contribution >= 4 is 86.8 Å². The van der Waals surface area contributed by atoms with Gasteiger partial charge in [-0.2, -0.15) is 33.7 Å². The van der Waals surface area contributed by atoms with Gasteiger partial charge in [-0.15, -0.1) is 0 Å². The molecule has 0 unspecified atom stereocenters. The number of hydrogen-bond acceptors (Lipinski definition) is 10. The largest absolute Gasteiger partial charge is 0.354 e. The molecule has 64 heavy (non-hydrogen) atoms. The van der Waals surface area contributed by atoms with E-state index in [1.165, 1.54) is 115 Å². The summed E-state index contributed by atoms with van der Waals surface area (Å²) in [5.41, 5.74) is 1.54. The Morgan fingerprint density at radius 3 is 0.844 bits per heavy atom. The zero-order valence-electron chi connectivity index (χ0n) is 32.4. The molecule has 0 saturated carbocycles. The van der Waals surface area contributed by atoms with Gasteiger partial charge in [0.2, 0.25) is 0 Å². The topological polar surface area (TPSA) is 275 Å². The van der Waals surface area contributed by atoms with E-state index in [0.717, 1.165) is 0 Å². The Labute approximate surface area is 365 Å². The van der Waals surface area contributed by atoms with Crippen LogP contribution in [0.25, 0.3) is 90.9 Å². The second-order valence-electron chi connectivity index (χ2n) is 14.4. The van der Waals surface area contributed by atoms with Crippen LogP contribution in [-0.4, -0.2) is 71.8 Å². The van der Waals surface area contributed by atoms with E-state index in [4.69, 9.17) is 9.97 Å². The molecule has 322 valence electrons. The lowest BCUT2D eigenvalue weighted by Crippen LogP contribution is -2.03. The van der Waals surface area contributed by atoms with Gasteiger partial charge in [-0.1, -0.05) is 72.8 Å². The van der Waals surface area contributed by atoms with Gasteiger partial charge in [0.25, 0.3) is 40.5 Å². The molecule has 0 fully saturated rings. The zero-order chi connectivity index (χ0) is 45.3. The highest BCUT2D eigenvalue weighted by atomic mass is 32.2. The monoisotopic (exact) mass is 934 g/mol. The van der Waals surface area contributed by atoms with Crippen molar-refractivity contribution in [1.82, 2.24) is 19.9 Å². The van der Waals surface area contributed by atoms with Gasteiger partial charge in [0.05, 0.1) is 22.8 Å². The van der Waals surface area contributed by atoms with Crippen LogP contribution < -0.4 is 0 Å². The number of benzene rings is 4. The van der Waals surface area contributed by atoms with Gasteiger partial charge < -0.3 is 9.97 Å². The van der Waals surface area contributed by atoms with E-state index < -0.39 is 60.1 Å². The maximum absolute atomic E-state index is 12.9. The molecule has 0 saturated heterocycles. The van der Waals surface area contributed by atoms with Crippen LogP contribution in [0.2, 0.25) is 0 Å². The maximum atomic E-state index is 12.9. The third-order valence-electron chi connectivity index (χ3n) is 10.5. The molecule has 8 bridgehead atoms. The molecule has 7 aromatic rings. The summed E-state index contributed by atoms with van der Waals surface area (Å²) in [5, 5.41) is 0. The first-order valence-electron chi connectivity index (χ1n) is 18.7. The number of hydrogen-bond donors (Lipinski definition) is 6. The number of H-pyrrole nitrogens is 2. The summed E-state index contributed by atoms with van der Waals surface area (Å²) in [6.07, 6.45) is 6.04. The van der Waals surface area contributed by atoms with Crippen molar-refractivity contribution in [2.24, 2.45) is 0 Å². The van der Waals surface area contributed by atoms with Crippen molar-refractivity contribution < 1.29 is 51.9 Å². The van der Waals surface area contributed by atoms with Crippen LogP contribution in [0.4, 0.5) is 0 Å². The standard InChI is InChI=1S/C44H30N4O12S4/c49-61(50,51)37-13-5-1-9-25(37)41-29-17-19-31(45-29)42(26-10-2-6-14-38(26)62(52,53)54)33-21-23-35(47-33)44(28-12-4-8-16-40(28)64(58,59)60)36-24-22-34(48-36)43(32-20-18-30(41)46-32)27-11-3-7-15-39(27)63(55,56)57/h1-24,45-46H,(H,49,50,51)(H,52,53,54)(H,55,56,57)(H,58,59,60). The van der Waals surface area contributed by atoms with E-state index in [0.29, 0.717) is 0 Å². The van der Waals surface area contributed by atoms with Crippen molar-refractivity contribution in [3.05, 3.63) is 144 Å². The molecule has 0 amide bonds. The van der Waals surface area contributed by atoms with Crippen LogP contribution in [0.15, 0.2) is 141 Å². The molecule has 20 heteroatoms. The molecule has 6 N–H and O–H groups in total. The molecule has 0 atom stereocenters. The lowest BCUT2D eigenvalue weighted by molar-refractivity contribution is 0.481. The van der Waals surface area contributed by atoms with Crippen molar-refractivity contribution in [2.75, 3.05) is 0 Å². The number of nitrogens with one attached hydrogen (secondary N) is 2. The quantitative estimate of drug-likeness (QED) is 0.0782. The van der Waals surface area contributed by atoms with Crippen LogP contribution in [0.1, 0.15) is 22.8 Å². The van der Waals surface area contributed by atoms with Gasteiger partial charge in [0.1, 0.15) is 19.6 Å². The Morgan fingerprint density at radius 1 is 0.312 bits per heavy atom. The SMILES string of the molecule is O=S(=O)(O)c1ccccc1-c1c2nc(c(-c3ccccc3S(=O)(=O)O)c3ccc([nH]3)c(-c3ccccc3S(=O)(=O)O)c3ccc([nH]3)c(-c3ccccc3S(=O)(=O)O)c3nc1C=C3)C=C2. The molecule has 16 nitrogen and oxygen atoms in total. The Morgan fingerprint density at radius 2 is 0.547 bits per heavy atom. The van der Waals surface area contributed by atoms with Crippen LogP contribution in [0.5, 0.6) is 0 Å². The molecule has 9 rings (SSSR count). The summed E-state index contributed by atoms with van der Waals surface area (Å²) >= 11 is 0. The fourth-order valence-electron chi connectivity index (χ4n) is 7.93. The number of aromatic nitrogens is 4. The highest BCUT2D eigenvalue weighted by Gasteiger charge is 2.27. The Bertz CT molecular complexity index is 3680. The van der Waals surface area contributed by atoms with Crippen molar-refractivity contribution in [3.63, 3.8) is 0 Å². The first kappa shape index (κ1) is 42.4. The first-order valence-corrected chi connectivity index (χ1v) is 24.5. The van der Waals surface area contributed by atoms with E-state index in [9.17, 15) is 51.9 Å². The lowest BCUT2D eigenvalue weighted by atomic mass is 10.0. The zero-order valence-corrected chi connectivity index (χ0v) is 35.7. The van der Waals surface area contributed by atoms with Crippen molar-refractivity contribution in [2.45, 2.75) is 19.6 Å². The number of nitrogens with zero attached hydrogens (tertiary/aromatic N) is 2. The second-order valence-corrected chi connectivity index (χ2v) is 19.9. The van der Waals surface area contributed by atoms with E-state index in [1.54, 1.807) is 30.3 Å². The minimum atomic E-state index is -4.89. The third-order valence-corrected chi connectivity index (χ3v) is 14.1. The second kappa shape index (κ2) is 15.4. The average molecular weight is 935 g/mol. The predicted octanol–water partition coefficient (Wildman–Crippen LogP) is 8.31.